The lowest BCUT2D eigenvalue weighted by Gasteiger charge is -2.14. The number of aromatic amines is 1. The molecular weight excluding hydrogens is 334 g/mol. The second-order valence-electron chi connectivity index (χ2n) is 5.46. The van der Waals surface area contributed by atoms with Crippen LogP contribution < -0.4 is 15.6 Å². The van der Waals surface area contributed by atoms with Gasteiger partial charge in [0.05, 0.1) is 17.1 Å². The highest BCUT2D eigenvalue weighted by atomic mass is 16.5. The van der Waals surface area contributed by atoms with Crippen LogP contribution in [0.4, 0.5) is 0 Å². The molecule has 1 aromatic heterocycles. The number of hydrazine groups is 1. The number of para-hydroxylation sites is 1. The first-order valence-corrected chi connectivity index (χ1v) is 7.78. The third kappa shape index (κ3) is 3.62. The zero-order valence-corrected chi connectivity index (χ0v) is 13.8. The molecule has 0 fully saturated rings. The van der Waals surface area contributed by atoms with Crippen molar-refractivity contribution in [3.05, 3.63) is 59.8 Å². The monoisotopic (exact) mass is 349 g/mol. The van der Waals surface area contributed by atoms with E-state index >= 15 is 0 Å². The lowest BCUT2D eigenvalue weighted by molar-refractivity contribution is -0.128. The number of ether oxygens (including phenoxy) is 1. The van der Waals surface area contributed by atoms with Crippen LogP contribution >= 0.6 is 0 Å². The number of hydrogen-bond donors (Lipinski definition) is 3. The number of nitrogens with one attached hydrogen (secondary N) is 3. The second-order valence-corrected chi connectivity index (χ2v) is 5.46. The molecule has 8 nitrogen and oxygen atoms in total. The largest absolute Gasteiger partial charge is 0.481 e. The van der Waals surface area contributed by atoms with Crippen molar-refractivity contribution in [3.8, 4) is 11.8 Å². The topological polar surface area (TPSA) is 120 Å². The summed E-state index contributed by atoms with van der Waals surface area (Å²) in [6.07, 6.45) is -0.848. The lowest BCUT2D eigenvalue weighted by atomic mass is 10.2. The van der Waals surface area contributed by atoms with Crippen LogP contribution in [0.3, 0.4) is 0 Å². The zero-order valence-electron chi connectivity index (χ0n) is 13.8. The van der Waals surface area contributed by atoms with Crippen molar-refractivity contribution in [2.24, 2.45) is 0 Å². The van der Waals surface area contributed by atoms with Crippen molar-refractivity contribution in [2.45, 2.75) is 13.0 Å². The van der Waals surface area contributed by atoms with Gasteiger partial charge in [-0.05, 0) is 37.3 Å². The minimum Gasteiger partial charge on any atom is -0.481 e. The summed E-state index contributed by atoms with van der Waals surface area (Å²) in [5.74, 6) is -0.625. The van der Waals surface area contributed by atoms with Gasteiger partial charge < -0.3 is 4.74 Å². The normalized spacial score (nSPS) is 11.4. The van der Waals surface area contributed by atoms with E-state index in [2.05, 4.69) is 21.0 Å². The fourth-order valence-corrected chi connectivity index (χ4v) is 2.28. The quantitative estimate of drug-likeness (QED) is 0.619. The molecule has 0 aliphatic heterocycles. The molecule has 2 aromatic carbocycles. The van der Waals surface area contributed by atoms with Gasteiger partial charge in [0.1, 0.15) is 5.75 Å². The second kappa shape index (κ2) is 7.36. The van der Waals surface area contributed by atoms with Gasteiger partial charge in [0.25, 0.3) is 11.8 Å². The van der Waals surface area contributed by atoms with Crippen LogP contribution in [0.5, 0.6) is 5.75 Å². The molecule has 8 heteroatoms. The average molecular weight is 349 g/mol. The van der Waals surface area contributed by atoms with Gasteiger partial charge in [-0.15, -0.1) is 0 Å². The number of H-pyrrole nitrogens is 1. The molecule has 0 saturated carbocycles. The van der Waals surface area contributed by atoms with Crippen molar-refractivity contribution in [2.75, 3.05) is 0 Å². The number of carbonyl (C=O) groups is 2. The first-order valence-electron chi connectivity index (χ1n) is 7.78. The maximum atomic E-state index is 12.2. The number of nitriles is 1. The Bertz CT molecular complexity index is 988. The number of hydrogen-bond acceptors (Lipinski definition) is 5. The van der Waals surface area contributed by atoms with Crippen molar-refractivity contribution in [1.82, 2.24) is 21.0 Å². The van der Waals surface area contributed by atoms with Crippen LogP contribution in [0.1, 0.15) is 23.0 Å². The van der Waals surface area contributed by atoms with Crippen LogP contribution in [-0.2, 0) is 4.79 Å². The van der Waals surface area contributed by atoms with Crippen LogP contribution in [0.2, 0.25) is 0 Å². The summed E-state index contributed by atoms with van der Waals surface area (Å²) in [6.45, 7) is 1.55. The molecule has 3 N–H and O–H groups in total. The molecule has 3 rings (SSSR count). The van der Waals surface area contributed by atoms with E-state index in [0.717, 1.165) is 5.52 Å². The Hall–Kier alpha value is -3.86. The lowest BCUT2D eigenvalue weighted by Crippen LogP contribution is -2.47. The number of fused-ring (bicyclic) bond motifs is 1. The molecule has 1 heterocycles. The summed E-state index contributed by atoms with van der Waals surface area (Å²) >= 11 is 0. The van der Waals surface area contributed by atoms with Gasteiger partial charge in [0, 0.05) is 5.39 Å². The first-order chi connectivity index (χ1) is 12.6. The molecule has 0 aliphatic carbocycles. The minimum atomic E-state index is -0.848. The number of aromatic nitrogens is 2. The summed E-state index contributed by atoms with van der Waals surface area (Å²) in [5, 5.41) is 16.1. The van der Waals surface area contributed by atoms with Gasteiger partial charge in [-0.2, -0.15) is 10.4 Å². The molecule has 1 unspecified atom stereocenters. The Morgan fingerprint density at radius 3 is 2.62 bits per heavy atom. The van der Waals surface area contributed by atoms with Crippen molar-refractivity contribution >= 4 is 22.7 Å². The maximum absolute atomic E-state index is 12.2. The van der Waals surface area contributed by atoms with Crippen molar-refractivity contribution in [1.29, 1.82) is 5.26 Å². The average Bonchev–Trinajstić information content (AvgIpc) is 3.10. The Labute approximate surface area is 148 Å². The predicted molar refractivity (Wildman–Crippen MR) is 92.9 cm³/mol. The molecule has 26 heavy (non-hydrogen) atoms. The van der Waals surface area contributed by atoms with E-state index in [0.29, 0.717) is 16.7 Å². The molecule has 0 aliphatic rings. The summed E-state index contributed by atoms with van der Waals surface area (Å²) in [5.41, 5.74) is 6.03. The van der Waals surface area contributed by atoms with Gasteiger partial charge in [-0.3, -0.25) is 25.5 Å². The van der Waals surface area contributed by atoms with Crippen molar-refractivity contribution in [3.63, 3.8) is 0 Å². The van der Waals surface area contributed by atoms with Crippen LogP contribution in [0.15, 0.2) is 48.5 Å². The van der Waals surface area contributed by atoms with Gasteiger partial charge >= 0.3 is 0 Å². The molecule has 2 amide bonds. The number of nitrogens with zero attached hydrogens (tertiary/aromatic N) is 2. The fourth-order valence-electron chi connectivity index (χ4n) is 2.28. The van der Waals surface area contributed by atoms with Crippen LogP contribution in [0.25, 0.3) is 10.9 Å². The standard InChI is InChI=1S/C18H15N5O3/c1-11(26-13-8-6-12(10-19)7-9-13)17(24)22-23-18(25)16-14-4-2-3-5-15(14)20-21-16/h2-9,11H,1H3,(H,20,21)(H,22,24)(H,23,25). The SMILES string of the molecule is CC(Oc1ccc(C#N)cc1)C(=O)NNC(=O)c1n[nH]c2ccccc12. The predicted octanol–water partition coefficient (Wildman–Crippen LogP) is 1.66. The number of rotatable bonds is 4. The summed E-state index contributed by atoms with van der Waals surface area (Å²) < 4.78 is 5.47. The van der Waals surface area contributed by atoms with E-state index in [1.807, 2.05) is 12.1 Å². The van der Waals surface area contributed by atoms with E-state index < -0.39 is 17.9 Å². The Kier molecular flexibility index (Phi) is 4.80. The number of amides is 2. The fraction of sp³-hybridized carbons (Fsp3) is 0.111. The third-order valence-electron chi connectivity index (χ3n) is 3.65. The molecule has 0 bridgehead atoms. The minimum absolute atomic E-state index is 0.182. The van der Waals surface area contributed by atoms with Crippen molar-refractivity contribution < 1.29 is 14.3 Å². The highest BCUT2D eigenvalue weighted by Gasteiger charge is 2.18. The van der Waals surface area contributed by atoms with Gasteiger partial charge in [0.2, 0.25) is 0 Å². The highest BCUT2D eigenvalue weighted by Crippen LogP contribution is 2.15. The summed E-state index contributed by atoms with van der Waals surface area (Å²) in [7, 11) is 0. The molecule has 0 spiro atoms. The van der Waals surface area contributed by atoms with E-state index in [9.17, 15) is 9.59 Å². The maximum Gasteiger partial charge on any atom is 0.290 e. The first kappa shape index (κ1) is 17.0. The van der Waals surface area contributed by atoms with Crippen LogP contribution in [-0.4, -0.2) is 28.1 Å². The summed E-state index contributed by atoms with van der Waals surface area (Å²) in [6, 6.07) is 15.5. The van der Waals surface area contributed by atoms with E-state index in [-0.39, 0.29) is 5.69 Å². The van der Waals surface area contributed by atoms with Crippen LogP contribution in [0, 0.1) is 11.3 Å². The summed E-state index contributed by atoms with van der Waals surface area (Å²) in [4.78, 5) is 24.3. The number of benzene rings is 2. The molecule has 0 radical (unpaired) electrons. The smallest absolute Gasteiger partial charge is 0.290 e. The molecule has 0 saturated heterocycles. The van der Waals surface area contributed by atoms with Gasteiger partial charge in [0.15, 0.2) is 11.8 Å². The molecule has 3 aromatic rings. The highest BCUT2D eigenvalue weighted by molar-refractivity contribution is 6.05. The van der Waals surface area contributed by atoms with Gasteiger partial charge in [-0.1, -0.05) is 18.2 Å². The van der Waals surface area contributed by atoms with Gasteiger partial charge in [-0.25, -0.2) is 0 Å². The Morgan fingerprint density at radius 2 is 1.88 bits per heavy atom. The molecule has 1 atom stereocenters. The van der Waals surface area contributed by atoms with E-state index in [1.165, 1.54) is 0 Å². The number of carbonyl (C=O) groups excluding carboxylic acids is 2. The molecule has 130 valence electrons. The Balaban J connectivity index is 1.57. The van der Waals surface area contributed by atoms with E-state index in [4.69, 9.17) is 10.00 Å². The molecular formula is C18H15N5O3. The zero-order chi connectivity index (χ0) is 18.5. The third-order valence-corrected chi connectivity index (χ3v) is 3.65. The Morgan fingerprint density at radius 1 is 1.15 bits per heavy atom. The van der Waals surface area contributed by atoms with E-state index in [1.54, 1.807) is 49.4 Å².